The highest BCUT2D eigenvalue weighted by molar-refractivity contribution is 9.10. The molecule has 0 bridgehead atoms. The molecule has 0 atom stereocenters. The number of rotatable bonds is 4. The van der Waals surface area contributed by atoms with Gasteiger partial charge in [-0.1, -0.05) is 15.9 Å². The third-order valence-corrected chi connectivity index (χ3v) is 3.33. The second kappa shape index (κ2) is 5.94. The average molecular weight is 271 g/mol. The Bertz CT molecular complexity index is 346. The largest absolute Gasteiger partial charge is 0.398 e. The highest BCUT2D eigenvalue weighted by Crippen LogP contribution is 2.28. The van der Waals surface area contributed by atoms with Gasteiger partial charge in [0.1, 0.15) is 0 Å². The fraction of sp³-hybridized carbons (Fsp3) is 0.300. The van der Waals surface area contributed by atoms with Gasteiger partial charge in [0.25, 0.3) is 0 Å². The Labute approximate surface area is 96.6 Å². The van der Waals surface area contributed by atoms with E-state index in [1.807, 2.05) is 18.2 Å². The van der Waals surface area contributed by atoms with E-state index >= 15 is 0 Å². The van der Waals surface area contributed by atoms with Crippen molar-refractivity contribution in [3.8, 4) is 6.07 Å². The summed E-state index contributed by atoms with van der Waals surface area (Å²) >= 11 is 5.06. The number of nitrogen functional groups attached to an aromatic ring is 1. The molecule has 0 aliphatic heterocycles. The summed E-state index contributed by atoms with van der Waals surface area (Å²) in [6, 6.07) is 7.99. The van der Waals surface area contributed by atoms with Crippen LogP contribution in [0.1, 0.15) is 12.8 Å². The van der Waals surface area contributed by atoms with E-state index in [0.717, 1.165) is 27.2 Å². The summed E-state index contributed by atoms with van der Waals surface area (Å²) in [5.74, 6) is 0.944. The molecular formula is C10H11BrN2S. The molecule has 0 heterocycles. The topological polar surface area (TPSA) is 49.8 Å². The molecule has 0 saturated carbocycles. The Morgan fingerprint density at radius 1 is 1.50 bits per heavy atom. The van der Waals surface area contributed by atoms with Crippen LogP contribution in [-0.4, -0.2) is 5.75 Å². The number of benzene rings is 1. The Hall–Kier alpha value is -0.660. The molecule has 1 aromatic carbocycles. The second-order valence-corrected chi connectivity index (χ2v) is 4.84. The van der Waals surface area contributed by atoms with Crippen LogP contribution in [0.2, 0.25) is 0 Å². The van der Waals surface area contributed by atoms with E-state index in [-0.39, 0.29) is 0 Å². The Balaban J connectivity index is 2.47. The summed E-state index contributed by atoms with van der Waals surface area (Å²) in [7, 11) is 0. The van der Waals surface area contributed by atoms with Crippen LogP contribution in [0.15, 0.2) is 27.6 Å². The highest BCUT2D eigenvalue weighted by atomic mass is 79.9. The van der Waals surface area contributed by atoms with Gasteiger partial charge in [0.2, 0.25) is 0 Å². The van der Waals surface area contributed by atoms with Gasteiger partial charge in [0.15, 0.2) is 0 Å². The lowest BCUT2D eigenvalue weighted by Gasteiger charge is -2.04. The average Bonchev–Trinajstić information content (AvgIpc) is 2.15. The quantitative estimate of drug-likeness (QED) is 0.518. The predicted molar refractivity (Wildman–Crippen MR) is 64.1 cm³/mol. The summed E-state index contributed by atoms with van der Waals surface area (Å²) in [4.78, 5) is 1.09. The fourth-order valence-corrected chi connectivity index (χ4v) is 2.26. The molecule has 0 unspecified atom stereocenters. The molecule has 0 aromatic heterocycles. The van der Waals surface area contributed by atoms with Gasteiger partial charge in [0, 0.05) is 21.5 Å². The van der Waals surface area contributed by atoms with E-state index in [2.05, 4.69) is 22.0 Å². The van der Waals surface area contributed by atoms with Crippen LogP contribution < -0.4 is 5.73 Å². The molecule has 0 spiro atoms. The number of thioether (sulfide) groups is 1. The van der Waals surface area contributed by atoms with Gasteiger partial charge >= 0.3 is 0 Å². The molecule has 0 saturated heterocycles. The lowest BCUT2D eigenvalue weighted by atomic mass is 10.3. The monoisotopic (exact) mass is 270 g/mol. The van der Waals surface area contributed by atoms with Gasteiger partial charge in [-0.05, 0) is 30.4 Å². The molecule has 2 nitrogen and oxygen atoms in total. The molecule has 0 fully saturated rings. The van der Waals surface area contributed by atoms with Gasteiger partial charge in [0.05, 0.1) is 6.07 Å². The fourth-order valence-electron chi connectivity index (χ4n) is 0.984. The van der Waals surface area contributed by atoms with Gasteiger partial charge in [-0.3, -0.25) is 0 Å². The summed E-state index contributed by atoms with van der Waals surface area (Å²) in [6.45, 7) is 0. The van der Waals surface area contributed by atoms with Gasteiger partial charge in [-0.15, -0.1) is 11.8 Å². The third kappa shape index (κ3) is 3.60. The molecule has 4 heteroatoms. The summed E-state index contributed by atoms with van der Waals surface area (Å²) in [5.41, 5.74) is 6.61. The summed E-state index contributed by atoms with van der Waals surface area (Å²) in [6.07, 6.45) is 1.53. The van der Waals surface area contributed by atoms with E-state index in [1.165, 1.54) is 0 Å². The molecule has 0 radical (unpaired) electrons. The molecule has 14 heavy (non-hydrogen) atoms. The van der Waals surface area contributed by atoms with Crippen LogP contribution in [0.25, 0.3) is 0 Å². The molecular weight excluding hydrogens is 260 g/mol. The van der Waals surface area contributed by atoms with Crippen molar-refractivity contribution in [1.82, 2.24) is 0 Å². The minimum atomic E-state index is 0.615. The van der Waals surface area contributed by atoms with Crippen LogP contribution in [0.4, 0.5) is 5.69 Å². The highest BCUT2D eigenvalue weighted by Gasteiger charge is 1.99. The van der Waals surface area contributed by atoms with Crippen molar-refractivity contribution in [2.45, 2.75) is 17.7 Å². The van der Waals surface area contributed by atoms with E-state index in [4.69, 9.17) is 11.0 Å². The van der Waals surface area contributed by atoms with Crippen LogP contribution >= 0.6 is 27.7 Å². The first-order chi connectivity index (χ1) is 6.74. The van der Waals surface area contributed by atoms with Crippen LogP contribution in [0, 0.1) is 11.3 Å². The SMILES string of the molecule is N#CCCCSc1ccc(Br)cc1N. The molecule has 0 amide bonds. The van der Waals surface area contributed by atoms with Crippen molar-refractivity contribution < 1.29 is 0 Å². The first-order valence-electron chi connectivity index (χ1n) is 4.29. The second-order valence-electron chi connectivity index (χ2n) is 2.79. The Kier molecular flexibility index (Phi) is 4.85. The minimum Gasteiger partial charge on any atom is -0.398 e. The van der Waals surface area contributed by atoms with E-state index in [9.17, 15) is 0 Å². The van der Waals surface area contributed by atoms with Gasteiger partial charge in [-0.25, -0.2) is 0 Å². The minimum absolute atomic E-state index is 0.615. The van der Waals surface area contributed by atoms with Crippen molar-refractivity contribution in [2.75, 3.05) is 11.5 Å². The number of hydrogen-bond donors (Lipinski definition) is 1. The smallest absolute Gasteiger partial charge is 0.0622 e. The lowest BCUT2D eigenvalue weighted by molar-refractivity contribution is 0.981. The van der Waals surface area contributed by atoms with Gasteiger partial charge in [-0.2, -0.15) is 5.26 Å². The van der Waals surface area contributed by atoms with Crippen LogP contribution in [0.3, 0.4) is 0 Å². The first-order valence-corrected chi connectivity index (χ1v) is 6.06. The van der Waals surface area contributed by atoms with Crippen LogP contribution in [0.5, 0.6) is 0 Å². The number of nitriles is 1. The summed E-state index contributed by atoms with van der Waals surface area (Å²) in [5, 5.41) is 8.36. The molecule has 2 N–H and O–H groups in total. The number of hydrogen-bond acceptors (Lipinski definition) is 3. The molecule has 0 aliphatic rings. The van der Waals surface area contributed by atoms with Crippen molar-refractivity contribution in [3.63, 3.8) is 0 Å². The summed E-state index contributed by atoms with van der Waals surface area (Å²) < 4.78 is 0.997. The normalized spacial score (nSPS) is 9.71. The molecule has 0 aliphatic carbocycles. The number of unbranched alkanes of at least 4 members (excludes halogenated alkanes) is 1. The third-order valence-electron chi connectivity index (χ3n) is 1.66. The van der Waals surface area contributed by atoms with Crippen molar-refractivity contribution in [2.24, 2.45) is 0 Å². The zero-order valence-electron chi connectivity index (χ0n) is 7.66. The maximum atomic E-state index is 8.36. The van der Waals surface area contributed by atoms with Crippen LogP contribution in [-0.2, 0) is 0 Å². The number of nitrogens with zero attached hydrogens (tertiary/aromatic N) is 1. The number of nitrogens with two attached hydrogens (primary N) is 1. The van der Waals surface area contributed by atoms with Gasteiger partial charge < -0.3 is 5.73 Å². The zero-order valence-corrected chi connectivity index (χ0v) is 10.1. The van der Waals surface area contributed by atoms with E-state index in [0.29, 0.717) is 6.42 Å². The van der Waals surface area contributed by atoms with E-state index in [1.54, 1.807) is 11.8 Å². The number of halogens is 1. The first kappa shape index (κ1) is 11.4. The molecule has 74 valence electrons. The maximum Gasteiger partial charge on any atom is 0.0622 e. The van der Waals surface area contributed by atoms with Crippen molar-refractivity contribution in [1.29, 1.82) is 5.26 Å². The Morgan fingerprint density at radius 3 is 2.93 bits per heavy atom. The lowest BCUT2D eigenvalue weighted by Crippen LogP contribution is -1.89. The molecule has 1 aromatic rings. The van der Waals surface area contributed by atoms with Crippen molar-refractivity contribution in [3.05, 3.63) is 22.7 Å². The standard InChI is InChI=1S/C10H11BrN2S/c11-8-3-4-10(9(13)7-8)14-6-2-1-5-12/h3-4,7H,1-2,6,13H2. The Morgan fingerprint density at radius 2 is 2.29 bits per heavy atom. The van der Waals surface area contributed by atoms with E-state index < -0.39 is 0 Å². The zero-order chi connectivity index (χ0) is 10.4. The number of anilines is 1. The molecule has 1 rings (SSSR count). The van der Waals surface area contributed by atoms with Crippen molar-refractivity contribution >= 4 is 33.4 Å². The predicted octanol–water partition coefficient (Wildman–Crippen LogP) is 3.43. The maximum absolute atomic E-state index is 8.36.